The first-order valence-corrected chi connectivity index (χ1v) is 10.1. The van der Waals surface area contributed by atoms with Gasteiger partial charge in [0.25, 0.3) is 0 Å². The van der Waals surface area contributed by atoms with E-state index < -0.39 is 0 Å². The molecule has 0 unspecified atom stereocenters. The second-order valence-electron chi connectivity index (χ2n) is 9.10. The molecule has 2 nitrogen and oxygen atoms in total. The Morgan fingerprint density at radius 3 is 1.56 bits per heavy atom. The van der Waals surface area contributed by atoms with Crippen LogP contribution in [0.1, 0.15) is 52.7 Å². The maximum absolute atomic E-state index is 4.61. The lowest BCUT2D eigenvalue weighted by Crippen LogP contribution is -2.16. The Morgan fingerprint density at radius 1 is 0.630 bits per heavy atom. The Hall–Kier alpha value is -2.00. The van der Waals surface area contributed by atoms with E-state index in [0.717, 1.165) is 21.4 Å². The minimum Gasteiger partial charge on any atom is -0.236 e. The summed E-state index contributed by atoms with van der Waals surface area (Å²) in [5.74, 6) is 0.745. The molecule has 1 aromatic heterocycles. The molecule has 3 rings (SSSR count). The third kappa shape index (κ3) is 4.65. The van der Waals surface area contributed by atoms with Gasteiger partial charge >= 0.3 is 0 Å². The van der Waals surface area contributed by atoms with E-state index in [0.29, 0.717) is 0 Å². The number of halogens is 1. The van der Waals surface area contributed by atoms with Crippen molar-refractivity contribution in [2.75, 3.05) is 0 Å². The number of benzene rings is 2. The molecule has 27 heavy (non-hydrogen) atoms. The highest BCUT2D eigenvalue weighted by atomic mass is 79.9. The van der Waals surface area contributed by atoms with Crippen molar-refractivity contribution in [3.05, 3.63) is 70.5 Å². The zero-order valence-corrected chi connectivity index (χ0v) is 18.6. The average molecular weight is 423 g/mol. The predicted octanol–water partition coefficient (Wildman–Crippen LogP) is 7.17. The molecular formula is C24H27BrN2. The van der Waals surface area contributed by atoms with E-state index in [1.165, 1.54) is 16.7 Å². The van der Waals surface area contributed by atoms with Crippen LogP contribution in [0.4, 0.5) is 0 Å². The maximum atomic E-state index is 4.61. The molecule has 0 saturated heterocycles. The molecule has 0 bridgehead atoms. The summed E-state index contributed by atoms with van der Waals surface area (Å²) in [5, 5.41) is 0. The first-order valence-electron chi connectivity index (χ1n) is 9.28. The van der Waals surface area contributed by atoms with Crippen LogP contribution in [0.5, 0.6) is 0 Å². The molecule has 0 aliphatic heterocycles. The highest BCUT2D eigenvalue weighted by molar-refractivity contribution is 9.10. The zero-order valence-electron chi connectivity index (χ0n) is 17.0. The van der Waals surface area contributed by atoms with Gasteiger partial charge in [0.1, 0.15) is 0 Å². The van der Waals surface area contributed by atoms with Crippen LogP contribution in [0.2, 0.25) is 0 Å². The van der Waals surface area contributed by atoms with Gasteiger partial charge in [-0.15, -0.1) is 0 Å². The van der Waals surface area contributed by atoms with E-state index in [9.17, 15) is 0 Å². The molecule has 0 amide bonds. The largest absolute Gasteiger partial charge is 0.236 e. The number of nitrogens with zero attached hydrogens (tertiary/aromatic N) is 2. The van der Waals surface area contributed by atoms with Crippen molar-refractivity contribution in [3.63, 3.8) is 0 Å². The lowest BCUT2D eigenvalue weighted by Gasteiger charge is -2.26. The van der Waals surface area contributed by atoms with Crippen LogP contribution in [0, 0.1) is 0 Å². The summed E-state index contributed by atoms with van der Waals surface area (Å²) in [6, 6.07) is 14.9. The molecule has 2 aromatic carbocycles. The van der Waals surface area contributed by atoms with Crippen LogP contribution in [0.15, 0.2) is 59.3 Å². The van der Waals surface area contributed by atoms with Crippen LogP contribution < -0.4 is 0 Å². The molecule has 0 spiro atoms. The Morgan fingerprint density at radius 2 is 1.11 bits per heavy atom. The Bertz CT molecular complexity index is 896. The smallest absolute Gasteiger partial charge is 0.159 e. The van der Waals surface area contributed by atoms with Crippen molar-refractivity contribution < 1.29 is 0 Å². The fourth-order valence-corrected chi connectivity index (χ4v) is 3.15. The number of aromatic nitrogens is 2. The Labute approximate surface area is 171 Å². The summed E-state index contributed by atoms with van der Waals surface area (Å²) in [6.45, 7) is 13.5. The topological polar surface area (TPSA) is 25.8 Å². The normalized spacial score (nSPS) is 12.3. The minimum atomic E-state index is 0.0915. The second-order valence-corrected chi connectivity index (χ2v) is 10.0. The van der Waals surface area contributed by atoms with Crippen molar-refractivity contribution in [2.24, 2.45) is 0 Å². The predicted molar refractivity (Wildman–Crippen MR) is 118 cm³/mol. The Kier molecular flexibility index (Phi) is 5.27. The van der Waals surface area contributed by atoms with E-state index in [1.807, 2.05) is 36.7 Å². The molecular weight excluding hydrogens is 396 g/mol. The first-order chi connectivity index (χ1) is 12.5. The lowest BCUT2D eigenvalue weighted by atomic mass is 9.79. The van der Waals surface area contributed by atoms with Gasteiger partial charge in [0.2, 0.25) is 0 Å². The highest BCUT2D eigenvalue weighted by Gasteiger charge is 2.21. The van der Waals surface area contributed by atoms with Crippen molar-refractivity contribution in [1.82, 2.24) is 9.97 Å². The van der Waals surface area contributed by atoms with Gasteiger partial charge < -0.3 is 0 Å². The summed E-state index contributed by atoms with van der Waals surface area (Å²) in [4.78, 5) is 9.22. The van der Waals surface area contributed by atoms with Crippen LogP contribution in [-0.2, 0) is 10.8 Å². The minimum absolute atomic E-state index is 0.0915. The van der Waals surface area contributed by atoms with Crippen molar-refractivity contribution >= 4 is 15.9 Å². The van der Waals surface area contributed by atoms with Gasteiger partial charge in [-0.05, 0) is 39.7 Å². The third-order valence-electron chi connectivity index (χ3n) is 4.75. The average Bonchev–Trinajstić information content (AvgIpc) is 2.61. The van der Waals surface area contributed by atoms with Crippen LogP contribution in [0.25, 0.3) is 22.5 Å². The molecule has 3 aromatic rings. The number of hydrogen-bond donors (Lipinski definition) is 0. The molecule has 3 heteroatoms. The van der Waals surface area contributed by atoms with E-state index in [-0.39, 0.29) is 10.8 Å². The van der Waals surface area contributed by atoms with E-state index in [4.69, 9.17) is 0 Å². The molecule has 0 radical (unpaired) electrons. The van der Waals surface area contributed by atoms with Crippen molar-refractivity contribution in [3.8, 4) is 22.5 Å². The molecule has 140 valence electrons. The van der Waals surface area contributed by atoms with Gasteiger partial charge in [-0.2, -0.15) is 0 Å². The van der Waals surface area contributed by atoms with Gasteiger partial charge in [-0.1, -0.05) is 87.8 Å². The molecule has 0 aliphatic rings. The molecule has 1 heterocycles. The second kappa shape index (κ2) is 7.20. The molecule has 0 N–H and O–H groups in total. The van der Waals surface area contributed by atoms with Crippen LogP contribution in [0.3, 0.4) is 0 Å². The zero-order chi connectivity index (χ0) is 19.8. The van der Waals surface area contributed by atoms with Gasteiger partial charge in [0.05, 0.1) is 0 Å². The standard InChI is InChI=1S/C24H27BrN2/c1-23(2,3)19-11-17(12-20(13-19)24(4,5)6)18-14-26-22(27-15-18)16-7-9-21(25)10-8-16/h7-15H,1-6H3. The number of hydrogen-bond acceptors (Lipinski definition) is 2. The lowest BCUT2D eigenvalue weighted by molar-refractivity contribution is 0.569. The van der Waals surface area contributed by atoms with E-state index in [2.05, 4.69) is 85.6 Å². The van der Waals surface area contributed by atoms with Crippen LogP contribution in [-0.4, -0.2) is 9.97 Å². The van der Waals surface area contributed by atoms with E-state index >= 15 is 0 Å². The number of rotatable bonds is 2. The summed E-state index contributed by atoms with van der Waals surface area (Å²) >= 11 is 3.46. The molecule has 0 saturated carbocycles. The van der Waals surface area contributed by atoms with Crippen molar-refractivity contribution in [1.29, 1.82) is 0 Å². The van der Waals surface area contributed by atoms with Crippen LogP contribution >= 0.6 is 15.9 Å². The molecule has 0 atom stereocenters. The fourth-order valence-electron chi connectivity index (χ4n) is 2.89. The summed E-state index contributed by atoms with van der Waals surface area (Å²) in [5.41, 5.74) is 6.09. The van der Waals surface area contributed by atoms with E-state index in [1.54, 1.807) is 0 Å². The fraction of sp³-hybridized carbons (Fsp3) is 0.333. The Balaban J connectivity index is 2.04. The van der Waals surface area contributed by atoms with Gasteiger partial charge in [0.15, 0.2) is 5.82 Å². The highest BCUT2D eigenvalue weighted by Crippen LogP contribution is 2.33. The first kappa shape index (κ1) is 19.8. The molecule has 0 fully saturated rings. The van der Waals surface area contributed by atoms with Gasteiger partial charge in [-0.25, -0.2) is 9.97 Å². The van der Waals surface area contributed by atoms with Gasteiger partial charge in [-0.3, -0.25) is 0 Å². The summed E-state index contributed by atoms with van der Waals surface area (Å²) in [7, 11) is 0. The summed E-state index contributed by atoms with van der Waals surface area (Å²) < 4.78 is 1.05. The maximum Gasteiger partial charge on any atom is 0.159 e. The van der Waals surface area contributed by atoms with Crippen molar-refractivity contribution in [2.45, 2.75) is 52.4 Å². The van der Waals surface area contributed by atoms with Gasteiger partial charge in [0, 0.05) is 28.0 Å². The third-order valence-corrected chi connectivity index (χ3v) is 5.28. The summed E-state index contributed by atoms with van der Waals surface area (Å²) in [6.07, 6.45) is 3.86. The monoisotopic (exact) mass is 422 g/mol. The SMILES string of the molecule is CC(C)(C)c1cc(-c2cnc(-c3ccc(Br)cc3)nc2)cc(C(C)(C)C)c1. The quantitative estimate of drug-likeness (QED) is 0.437. The molecule has 0 aliphatic carbocycles.